The maximum atomic E-state index is 10.6. The molecule has 0 heterocycles. The van der Waals surface area contributed by atoms with E-state index in [-0.39, 0.29) is 15.7 Å². The summed E-state index contributed by atoms with van der Waals surface area (Å²) >= 11 is 11.4. The highest BCUT2D eigenvalue weighted by Gasteiger charge is 2.17. The zero-order chi connectivity index (χ0) is 10.9. The van der Waals surface area contributed by atoms with Gasteiger partial charge in [0.05, 0.1) is 9.95 Å². The molecule has 0 aromatic heterocycles. The SMILES string of the molecule is CN(C)c1cc(Cl)c(Cl)c([N+](=O)[O-])c1. The summed E-state index contributed by atoms with van der Waals surface area (Å²) in [6.07, 6.45) is 0. The van der Waals surface area contributed by atoms with Crippen LogP contribution in [0.1, 0.15) is 0 Å². The first kappa shape index (κ1) is 11.1. The van der Waals surface area contributed by atoms with Crippen LogP contribution in [0.4, 0.5) is 11.4 Å². The van der Waals surface area contributed by atoms with Gasteiger partial charge in [-0.05, 0) is 6.07 Å². The Kier molecular flexibility index (Phi) is 3.18. The quantitative estimate of drug-likeness (QED) is 0.584. The van der Waals surface area contributed by atoms with E-state index in [4.69, 9.17) is 23.2 Å². The van der Waals surface area contributed by atoms with Gasteiger partial charge in [-0.3, -0.25) is 10.1 Å². The second kappa shape index (κ2) is 4.02. The van der Waals surface area contributed by atoms with E-state index >= 15 is 0 Å². The molecule has 0 radical (unpaired) electrons. The number of nitro benzene ring substituents is 1. The van der Waals surface area contributed by atoms with Gasteiger partial charge in [0.15, 0.2) is 0 Å². The molecule has 14 heavy (non-hydrogen) atoms. The summed E-state index contributed by atoms with van der Waals surface area (Å²) in [5, 5.41) is 10.8. The van der Waals surface area contributed by atoms with E-state index in [2.05, 4.69) is 0 Å². The van der Waals surface area contributed by atoms with Gasteiger partial charge in [0.25, 0.3) is 5.69 Å². The Morgan fingerprint density at radius 3 is 2.36 bits per heavy atom. The Hall–Kier alpha value is -1.00. The van der Waals surface area contributed by atoms with Crippen molar-refractivity contribution in [1.29, 1.82) is 0 Å². The van der Waals surface area contributed by atoms with Gasteiger partial charge in [-0.2, -0.15) is 0 Å². The molecule has 0 spiro atoms. The molecular weight excluding hydrogens is 227 g/mol. The van der Waals surface area contributed by atoms with Crippen LogP contribution in [0.15, 0.2) is 12.1 Å². The van der Waals surface area contributed by atoms with Gasteiger partial charge >= 0.3 is 0 Å². The summed E-state index contributed by atoms with van der Waals surface area (Å²) in [4.78, 5) is 11.8. The van der Waals surface area contributed by atoms with Crippen LogP contribution in [0.3, 0.4) is 0 Å². The molecule has 0 aliphatic carbocycles. The maximum absolute atomic E-state index is 10.6. The van der Waals surface area contributed by atoms with E-state index in [0.29, 0.717) is 5.69 Å². The van der Waals surface area contributed by atoms with Crippen LogP contribution in [-0.4, -0.2) is 19.0 Å². The van der Waals surface area contributed by atoms with Crippen molar-refractivity contribution in [2.24, 2.45) is 0 Å². The van der Waals surface area contributed by atoms with Crippen LogP contribution >= 0.6 is 23.2 Å². The number of rotatable bonds is 2. The first-order valence-electron chi connectivity index (χ1n) is 3.74. The van der Waals surface area contributed by atoms with E-state index in [1.807, 2.05) is 0 Å². The van der Waals surface area contributed by atoms with Crippen molar-refractivity contribution in [3.63, 3.8) is 0 Å². The second-order valence-corrected chi connectivity index (χ2v) is 3.70. The monoisotopic (exact) mass is 234 g/mol. The number of nitro groups is 1. The molecule has 0 bridgehead atoms. The normalized spacial score (nSPS) is 10.0. The Bertz CT molecular complexity index is 380. The van der Waals surface area contributed by atoms with Crippen molar-refractivity contribution in [3.8, 4) is 0 Å². The van der Waals surface area contributed by atoms with Crippen molar-refractivity contribution in [1.82, 2.24) is 0 Å². The topological polar surface area (TPSA) is 46.4 Å². The predicted molar refractivity (Wildman–Crippen MR) is 57.4 cm³/mol. The summed E-state index contributed by atoms with van der Waals surface area (Å²) in [6, 6.07) is 2.96. The molecule has 0 aliphatic rings. The molecule has 1 rings (SSSR count). The van der Waals surface area contributed by atoms with Crippen LogP contribution in [0.25, 0.3) is 0 Å². The minimum atomic E-state index is -0.554. The lowest BCUT2D eigenvalue weighted by Gasteiger charge is -2.12. The number of hydrogen-bond donors (Lipinski definition) is 0. The second-order valence-electron chi connectivity index (χ2n) is 2.91. The molecule has 0 saturated heterocycles. The lowest BCUT2D eigenvalue weighted by molar-refractivity contribution is -0.384. The summed E-state index contributed by atoms with van der Waals surface area (Å²) in [5.74, 6) is 0. The first-order valence-corrected chi connectivity index (χ1v) is 4.50. The molecule has 0 amide bonds. The van der Waals surface area contributed by atoms with E-state index in [1.165, 1.54) is 6.07 Å². The van der Waals surface area contributed by atoms with E-state index in [9.17, 15) is 10.1 Å². The van der Waals surface area contributed by atoms with Crippen LogP contribution in [0.5, 0.6) is 0 Å². The molecule has 76 valence electrons. The molecule has 4 nitrogen and oxygen atoms in total. The number of halogens is 2. The van der Waals surface area contributed by atoms with Crippen LogP contribution in [0.2, 0.25) is 10.0 Å². The van der Waals surface area contributed by atoms with Gasteiger partial charge in [-0.1, -0.05) is 23.2 Å². The highest BCUT2D eigenvalue weighted by molar-refractivity contribution is 6.43. The Morgan fingerprint density at radius 1 is 1.36 bits per heavy atom. The van der Waals surface area contributed by atoms with Crippen LogP contribution in [-0.2, 0) is 0 Å². The maximum Gasteiger partial charge on any atom is 0.291 e. The molecule has 1 aromatic carbocycles. The van der Waals surface area contributed by atoms with Crippen molar-refractivity contribution in [2.45, 2.75) is 0 Å². The van der Waals surface area contributed by atoms with Crippen LogP contribution < -0.4 is 4.90 Å². The van der Waals surface area contributed by atoms with Crippen molar-refractivity contribution in [2.75, 3.05) is 19.0 Å². The van der Waals surface area contributed by atoms with Crippen molar-refractivity contribution < 1.29 is 4.92 Å². The predicted octanol–water partition coefficient (Wildman–Crippen LogP) is 2.97. The number of nitrogens with zero attached hydrogens (tertiary/aromatic N) is 2. The lowest BCUT2D eigenvalue weighted by Crippen LogP contribution is -2.09. The molecule has 0 N–H and O–H groups in total. The molecule has 0 saturated carbocycles. The fourth-order valence-corrected chi connectivity index (χ4v) is 1.34. The minimum Gasteiger partial charge on any atom is -0.377 e. The standard InChI is InChI=1S/C8H8Cl2N2O2/c1-11(2)5-3-6(9)8(10)7(4-5)12(13)14/h3-4H,1-2H3. The zero-order valence-electron chi connectivity index (χ0n) is 7.62. The molecular formula is C8H8Cl2N2O2. The van der Waals surface area contributed by atoms with Gasteiger partial charge in [0.2, 0.25) is 0 Å². The van der Waals surface area contributed by atoms with Gasteiger partial charge in [-0.15, -0.1) is 0 Å². The third-order valence-electron chi connectivity index (χ3n) is 1.71. The average Bonchev–Trinajstić information content (AvgIpc) is 2.08. The third-order valence-corrected chi connectivity index (χ3v) is 2.50. The molecule has 1 aromatic rings. The summed E-state index contributed by atoms with van der Waals surface area (Å²) < 4.78 is 0. The number of hydrogen-bond acceptors (Lipinski definition) is 3. The smallest absolute Gasteiger partial charge is 0.291 e. The van der Waals surface area contributed by atoms with E-state index < -0.39 is 4.92 Å². The highest BCUT2D eigenvalue weighted by atomic mass is 35.5. The molecule has 6 heteroatoms. The van der Waals surface area contributed by atoms with Gasteiger partial charge < -0.3 is 4.90 Å². The number of benzene rings is 1. The third kappa shape index (κ3) is 2.08. The Labute approximate surface area is 91.2 Å². The van der Waals surface area contributed by atoms with Crippen molar-refractivity contribution >= 4 is 34.6 Å². The average molecular weight is 235 g/mol. The molecule has 0 fully saturated rings. The summed E-state index contributed by atoms with van der Waals surface area (Å²) in [5.41, 5.74) is 0.467. The fraction of sp³-hybridized carbons (Fsp3) is 0.250. The summed E-state index contributed by atoms with van der Waals surface area (Å²) in [7, 11) is 3.53. The van der Waals surface area contributed by atoms with E-state index in [1.54, 1.807) is 25.1 Å². The Balaban J connectivity index is 3.35. The number of anilines is 1. The molecule has 0 aliphatic heterocycles. The summed E-state index contributed by atoms with van der Waals surface area (Å²) in [6.45, 7) is 0. The Morgan fingerprint density at radius 2 is 1.93 bits per heavy atom. The highest BCUT2D eigenvalue weighted by Crippen LogP contribution is 2.35. The first-order chi connectivity index (χ1) is 6.43. The van der Waals surface area contributed by atoms with E-state index in [0.717, 1.165) is 0 Å². The van der Waals surface area contributed by atoms with Gasteiger partial charge in [0.1, 0.15) is 5.02 Å². The lowest BCUT2D eigenvalue weighted by atomic mass is 10.2. The van der Waals surface area contributed by atoms with Crippen LogP contribution in [0, 0.1) is 10.1 Å². The fourth-order valence-electron chi connectivity index (χ4n) is 0.952. The van der Waals surface area contributed by atoms with Gasteiger partial charge in [0, 0.05) is 25.8 Å². The molecule has 0 atom stereocenters. The minimum absolute atomic E-state index is 0.0257. The van der Waals surface area contributed by atoms with Gasteiger partial charge in [-0.25, -0.2) is 0 Å². The molecule has 0 unspecified atom stereocenters. The largest absolute Gasteiger partial charge is 0.377 e. The zero-order valence-corrected chi connectivity index (χ0v) is 9.13. The van der Waals surface area contributed by atoms with Crippen molar-refractivity contribution in [3.05, 3.63) is 32.3 Å².